The molecular weight excluding hydrogens is 264 g/mol. The van der Waals surface area contributed by atoms with E-state index in [1.807, 2.05) is 0 Å². The molecule has 0 unspecified atom stereocenters. The van der Waals surface area contributed by atoms with Gasteiger partial charge in [0.1, 0.15) is 22.8 Å². The Morgan fingerprint density at radius 1 is 1.00 bits per heavy atom. The maximum absolute atomic E-state index is 11.8. The number of hydrogen-bond donors (Lipinski definition) is 3. The van der Waals surface area contributed by atoms with Gasteiger partial charge in [0.05, 0.1) is 5.56 Å². The summed E-state index contributed by atoms with van der Waals surface area (Å²) in [5.74, 6) is -2.60. The van der Waals surface area contributed by atoms with Crippen molar-refractivity contribution in [3.8, 4) is 17.2 Å². The normalized spacial score (nSPS) is 10.0. The van der Waals surface area contributed by atoms with E-state index in [2.05, 4.69) is 0 Å². The maximum Gasteiger partial charge on any atom is 0.343 e. The molecule has 102 valence electrons. The smallest absolute Gasteiger partial charge is 0.343 e. The highest BCUT2D eigenvalue weighted by Gasteiger charge is 2.13. The largest absolute Gasteiger partial charge is 0.508 e. The van der Waals surface area contributed by atoms with E-state index in [-0.39, 0.29) is 22.6 Å². The molecule has 0 aliphatic rings. The molecule has 20 heavy (non-hydrogen) atoms. The zero-order valence-corrected chi connectivity index (χ0v) is 10.1. The molecule has 0 saturated heterocycles. The van der Waals surface area contributed by atoms with Crippen LogP contribution in [0.1, 0.15) is 20.7 Å². The molecule has 3 N–H and O–H groups in total. The first-order chi connectivity index (χ1) is 9.47. The lowest BCUT2D eigenvalue weighted by molar-refractivity contribution is 0.0693. The maximum atomic E-state index is 11.8. The third-order valence-electron chi connectivity index (χ3n) is 2.49. The fraction of sp³-hybridized carbons (Fsp3) is 0. The van der Waals surface area contributed by atoms with Crippen LogP contribution in [-0.4, -0.2) is 27.3 Å². The van der Waals surface area contributed by atoms with Crippen molar-refractivity contribution in [3.05, 3.63) is 53.6 Å². The summed E-state index contributed by atoms with van der Waals surface area (Å²) < 4.78 is 4.97. The second-order valence-electron chi connectivity index (χ2n) is 3.92. The first-order valence-corrected chi connectivity index (χ1v) is 5.55. The van der Waals surface area contributed by atoms with Crippen molar-refractivity contribution in [1.29, 1.82) is 0 Å². The highest BCUT2D eigenvalue weighted by molar-refractivity contribution is 5.93. The zero-order chi connectivity index (χ0) is 14.7. The molecule has 2 aromatic carbocycles. The first kappa shape index (κ1) is 13.4. The summed E-state index contributed by atoms with van der Waals surface area (Å²) in [6.45, 7) is 0. The zero-order valence-electron chi connectivity index (χ0n) is 10.1. The minimum atomic E-state index is -1.28. The Kier molecular flexibility index (Phi) is 3.56. The van der Waals surface area contributed by atoms with E-state index in [0.717, 1.165) is 12.1 Å². The number of phenols is 2. The molecule has 0 radical (unpaired) electrons. The molecule has 6 heteroatoms. The van der Waals surface area contributed by atoms with E-state index in [9.17, 15) is 19.8 Å². The van der Waals surface area contributed by atoms with E-state index in [1.165, 1.54) is 30.3 Å². The number of phenolic OH excluding ortho intramolecular Hbond substituents is 1. The Bertz CT molecular complexity index is 677. The van der Waals surface area contributed by atoms with Crippen LogP contribution in [0.25, 0.3) is 0 Å². The number of aromatic carboxylic acids is 1. The topological polar surface area (TPSA) is 104 Å². The number of rotatable bonds is 3. The van der Waals surface area contributed by atoms with Crippen molar-refractivity contribution < 1.29 is 29.6 Å². The highest BCUT2D eigenvalue weighted by atomic mass is 16.5. The minimum absolute atomic E-state index is 0.000780. The van der Waals surface area contributed by atoms with E-state index < -0.39 is 17.7 Å². The number of carbonyl (C=O) groups excluding carboxylic acids is 1. The van der Waals surface area contributed by atoms with Gasteiger partial charge < -0.3 is 20.1 Å². The van der Waals surface area contributed by atoms with Gasteiger partial charge in [0.15, 0.2) is 0 Å². The molecule has 0 spiro atoms. The average molecular weight is 274 g/mol. The molecule has 0 aliphatic heterocycles. The van der Waals surface area contributed by atoms with Crippen LogP contribution in [0.2, 0.25) is 0 Å². The highest BCUT2D eigenvalue weighted by Crippen LogP contribution is 2.24. The van der Waals surface area contributed by atoms with Crippen LogP contribution in [0.5, 0.6) is 17.2 Å². The quantitative estimate of drug-likeness (QED) is 0.584. The Morgan fingerprint density at radius 3 is 2.35 bits per heavy atom. The number of ether oxygens (including phenoxy) is 1. The van der Waals surface area contributed by atoms with Gasteiger partial charge in [-0.1, -0.05) is 6.07 Å². The van der Waals surface area contributed by atoms with Crippen LogP contribution < -0.4 is 4.74 Å². The predicted octanol–water partition coefficient (Wildman–Crippen LogP) is 2.02. The van der Waals surface area contributed by atoms with Gasteiger partial charge in [-0.3, -0.25) is 0 Å². The molecular formula is C14H10O6. The third kappa shape index (κ3) is 2.86. The molecule has 0 amide bonds. The van der Waals surface area contributed by atoms with Crippen molar-refractivity contribution >= 4 is 11.9 Å². The number of hydrogen-bond acceptors (Lipinski definition) is 5. The average Bonchev–Trinajstić information content (AvgIpc) is 2.38. The van der Waals surface area contributed by atoms with Gasteiger partial charge in [-0.2, -0.15) is 0 Å². The lowest BCUT2D eigenvalue weighted by Crippen LogP contribution is -2.08. The van der Waals surface area contributed by atoms with Crippen LogP contribution in [0.4, 0.5) is 0 Å². The van der Waals surface area contributed by atoms with E-state index in [0.29, 0.717) is 0 Å². The van der Waals surface area contributed by atoms with E-state index in [4.69, 9.17) is 9.84 Å². The molecule has 6 nitrogen and oxygen atoms in total. The number of esters is 1. The first-order valence-electron chi connectivity index (χ1n) is 5.55. The summed E-state index contributed by atoms with van der Waals surface area (Å²) >= 11 is 0. The molecule has 0 bridgehead atoms. The van der Waals surface area contributed by atoms with Crippen molar-refractivity contribution in [1.82, 2.24) is 0 Å². The van der Waals surface area contributed by atoms with Gasteiger partial charge in [-0.15, -0.1) is 0 Å². The van der Waals surface area contributed by atoms with Gasteiger partial charge in [-0.25, -0.2) is 9.59 Å². The Balaban J connectivity index is 2.20. The minimum Gasteiger partial charge on any atom is -0.508 e. The van der Waals surface area contributed by atoms with Crippen molar-refractivity contribution in [2.24, 2.45) is 0 Å². The molecule has 2 rings (SSSR count). The summed E-state index contributed by atoms with van der Waals surface area (Å²) in [4.78, 5) is 22.5. The summed E-state index contributed by atoms with van der Waals surface area (Å²) in [6, 6.07) is 8.99. The lowest BCUT2D eigenvalue weighted by atomic mass is 10.2. The van der Waals surface area contributed by atoms with Gasteiger partial charge in [0.2, 0.25) is 0 Å². The van der Waals surface area contributed by atoms with Gasteiger partial charge in [0, 0.05) is 6.07 Å². The van der Waals surface area contributed by atoms with E-state index >= 15 is 0 Å². The second kappa shape index (κ2) is 5.31. The summed E-state index contributed by atoms with van der Waals surface area (Å²) in [7, 11) is 0. The fourth-order valence-corrected chi connectivity index (χ4v) is 1.55. The van der Waals surface area contributed by atoms with Crippen LogP contribution in [0.3, 0.4) is 0 Å². The standard InChI is InChI=1S/C14H10O6/c15-9-3-1-2-8(6-9)14(19)20-10-4-5-11(13(17)18)12(16)7-10/h1-7,15-16H,(H,17,18). The lowest BCUT2D eigenvalue weighted by Gasteiger charge is -2.06. The van der Waals surface area contributed by atoms with Gasteiger partial charge in [0.25, 0.3) is 0 Å². The van der Waals surface area contributed by atoms with Crippen LogP contribution in [-0.2, 0) is 0 Å². The molecule has 0 fully saturated rings. The second-order valence-corrected chi connectivity index (χ2v) is 3.92. The SMILES string of the molecule is O=C(Oc1ccc(C(=O)O)c(O)c1)c1cccc(O)c1. The van der Waals surface area contributed by atoms with Crippen molar-refractivity contribution in [3.63, 3.8) is 0 Å². The number of carboxylic acid groups (broad SMARTS) is 1. The number of benzene rings is 2. The molecule has 0 aromatic heterocycles. The molecule has 0 saturated carbocycles. The van der Waals surface area contributed by atoms with E-state index in [1.54, 1.807) is 0 Å². The van der Waals surface area contributed by atoms with Gasteiger partial charge in [-0.05, 0) is 30.3 Å². The van der Waals surface area contributed by atoms with Crippen molar-refractivity contribution in [2.45, 2.75) is 0 Å². The Hall–Kier alpha value is -3.02. The molecule has 0 atom stereocenters. The fourth-order valence-electron chi connectivity index (χ4n) is 1.55. The van der Waals surface area contributed by atoms with Crippen LogP contribution in [0, 0.1) is 0 Å². The van der Waals surface area contributed by atoms with Crippen LogP contribution >= 0.6 is 0 Å². The third-order valence-corrected chi connectivity index (χ3v) is 2.49. The molecule has 0 heterocycles. The Morgan fingerprint density at radius 2 is 1.75 bits per heavy atom. The number of carboxylic acids is 1. The van der Waals surface area contributed by atoms with Gasteiger partial charge >= 0.3 is 11.9 Å². The number of carbonyl (C=O) groups is 2. The molecule has 0 aliphatic carbocycles. The van der Waals surface area contributed by atoms with Crippen molar-refractivity contribution in [2.75, 3.05) is 0 Å². The number of aromatic hydroxyl groups is 2. The molecule has 2 aromatic rings. The van der Waals surface area contributed by atoms with Crippen LogP contribution in [0.15, 0.2) is 42.5 Å². The monoisotopic (exact) mass is 274 g/mol. The predicted molar refractivity (Wildman–Crippen MR) is 68.1 cm³/mol. The summed E-state index contributed by atoms with van der Waals surface area (Å²) in [6.07, 6.45) is 0. The Labute approximate surface area is 113 Å². The summed E-state index contributed by atoms with van der Waals surface area (Å²) in [5, 5.41) is 27.5. The summed E-state index contributed by atoms with van der Waals surface area (Å²) in [5.41, 5.74) is -0.158.